The minimum atomic E-state index is -0.346. The maximum Gasteiger partial charge on any atom is 0.0683 e. The first kappa shape index (κ1) is 12.4. The molecular weight excluding hydrogens is 196 g/mol. The van der Waals surface area contributed by atoms with Crippen LogP contribution in [0, 0.1) is 17.3 Å². The van der Waals surface area contributed by atoms with Crippen LogP contribution in [0.3, 0.4) is 0 Å². The van der Waals surface area contributed by atoms with Gasteiger partial charge in [0.15, 0.2) is 0 Å². The maximum absolute atomic E-state index is 11.0. The lowest BCUT2D eigenvalue weighted by Gasteiger charge is -2.49. The molecule has 2 fully saturated rings. The fourth-order valence-electron chi connectivity index (χ4n) is 4.54. The van der Waals surface area contributed by atoms with Crippen molar-refractivity contribution in [1.29, 1.82) is 0 Å². The van der Waals surface area contributed by atoms with Crippen LogP contribution in [-0.4, -0.2) is 10.7 Å². The summed E-state index contributed by atoms with van der Waals surface area (Å²) in [5.74, 6) is 1.28. The van der Waals surface area contributed by atoms with Crippen molar-refractivity contribution in [1.82, 2.24) is 0 Å². The van der Waals surface area contributed by atoms with E-state index in [2.05, 4.69) is 20.8 Å². The summed E-state index contributed by atoms with van der Waals surface area (Å²) >= 11 is 0. The number of rotatable bonds is 1. The molecule has 0 radical (unpaired) electrons. The maximum atomic E-state index is 11.0. The van der Waals surface area contributed by atoms with E-state index in [0.717, 1.165) is 12.8 Å². The third-order valence-electron chi connectivity index (χ3n) is 4.75. The Morgan fingerprint density at radius 3 is 2.19 bits per heavy atom. The second-order valence-electron chi connectivity index (χ2n) is 7.29. The van der Waals surface area contributed by atoms with Gasteiger partial charge in [-0.15, -0.1) is 0 Å². The van der Waals surface area contributed by atoms with Crippen molar-refractivity contribution in [3.63, 3.8) is 0 Å². The van der Waals surface area contributed by atoms with Crippen molar-refractivity contribution in [2.24, 2.45) is 17.3 Å². The van der Waals surface area contributed by atoms with Crippen molar-refractivity contribution in [2.45, 2.75) is 77.7 Å². The van der Waals surface area contributed by atoms with Crippen molar-refractivity contribution >= 4 is 0 Å². The molecule has 1 nitrogen and oxygen atoms in total. The van der Waals surface area contributed by atoms with Crippen LogP contribution in [0.5, 0.6) is 0 Å². The molecule has 0 bridgehead atoms. The van der Waals surface area contributed by atoms with Gasteiger partial charge in [0.05, 0.1) is 5.60 Å². The zero-order chi connectivity index (χ0) is 11.8. The van der Waals surface area contributed by atoms with Crippen LogP contribution in [0.4, 0.5) is 0 Å². The summed E-state index contributed by atoms with van der Waals surface area (Å²) in [5, 5.41) is 11.0. The minimum absolute atomic E-state index is 0.337. The summed E-state index contributed by atoms with van der Waals surface area (Å²) in [6.45, 7) is 6.97. The summed E-state index contributed by atoms with van der Waals surface area (Å²) in [5.41, 5.74) is -0.00848. The predicted octanol–water partition coefficient (Wildman–Crippen LogP) is 4.14. The smallest absolute Gasteiger partial charge is 0.0683 e. The highest BCUT2D eigenvalue weighted by Gasteiger charge is 2.46. The molecule has 0 aromatic carbocycles. The van der Waals surface area contributed by atoms with Gasteiger partial charge in [0.25, 0.3) is 0 Å². The van der Waals surface area contributed by atoms with Crippen LogP contribution in [-0.2, 0) is 0 Å². The molecule has 0 saturated heterocycles. The highest BCUT2D eigenvalue weighted by atomic mass is 16.3. The van der Waals surface area contributed by atoms with Crippen LogP contribution in [0.15, 0.2) is 0 Å². The third-order valence-corrected chi connectivity index (χ3v) is 4.75. The number of aliphatic hydroxyl groups is 1. The SMILES string of the molecule is CC1CC(C)(C)CC(O)(C2CCCCC2)C1. The predicted molar refractivity (Wildman–Crippen MR) is 68.3 cm³/mol. The Balaban J connectivity index is 2.09. The van der Waals surface area contributed by atoms with E-state index in [0.29, 0.717) is 17.3 Å². The second kappa shape index (κ2) is 4.33. The zero-order valence-corrected chi connectivity index (χ0v) is 11.3. The molecule has 0 amide bonds. The first-order chi connectivity index (χ1) is 7.41. The van der Waals surface area contributed by atoms with E-state index in [1.54, 1.807) is 0 Å². The first-order valence-corrected chi connectivity index (χ1v) is 7.14. The van der Waals surface area contributed by atoms with Crippen LogP contribution in [0.25, 0.3) is 0 Å². The molecule has 0 aliphatic heterocycles. The zero-order valence-electron chi connectivity index (χ0n) is 11.3. The fraction of sp³-hybridized carbons (Fsp3) is 1.00. The van der Waals surface area contributed by atoms with Gasteiger partial charge < -0.3 is 5.11 Å². The summed E-state index contributed by atoms with van der Waals surface area (Å²) in [4.78, 5) is 0. The molecule has 2 aliphatic rings. The molecule has 2 unspecified atom stereocenters. The van der Waals surface area contributed by atoms with Gasteiger partial charge in [0, 0.05) is 0 Å². The Morgan fingerprint density at radius 1 is 1.00 bits per heavy atom. The Labute approximate surface area is 101 Å². The molecule has 1 N–H and O–H groups in total. The summed E-state index contributed by atoms with van der Waals surface area (Å²) in [6.07, 6.45) is 9.92. The average Bonchev–Trinajstić information content (AvgIpc) is 2.15. The van der Waals surface area contributed by atoms with Gasteiger partial charge in [-0.25, -0.2) is 0 Å². The van der Waals surface area contributed by atoms with Gasteiger partial charge in [0.1, 0.15) is 0 Å². The van der Waals surface area contributed by atoms with Crippen molar-refractivity contribution in [3.8, 4) is 0 Å². The van der Waals surface area contributed by atoms with E-state index in [-0.39, 0.29) is 5.60 Å². The largest absolute Gasteiger partial charge is 0.390 e. The topological polar surface area (TPSA) is 20.2 Å². The van der Waals surface area contributed by atoms with E-state index >= 15 is 0 Å². The van der Waals surface area contributed by atoms with Crippen molar-refractivity contribution in [3.05, 3.63) is 0 Å². The number of hydrogen-bond donors (Lipinski definition) is 1. The fourth-order valence-corrected chi connectivity index (χ4v) is 4.54. The van der Waals surface area contributed by atoms with E-state index in [9.17, 15) is 5.11 Å². The van der Waals surface area contributed by atoms with Crippen LogP contribution < -0.4 is 0 Å². The quantitative estimate of drug-likeness (QED) is 0.709. The minimum Gasteiger partial charge on any atom is -0.390 e. The molecule has 2 aliphatic carbocycles. The molecular formula is C15H28O. The van der Waals surface area contributed by atoms with Gasteiger partial charge in [0.2, 0.25) is 0 Å². The molecule has 1 heteroatoms. The first-order valence-electron chi connectivity index (χ1n) is 7.14. The van der Waals surface area contributed by atoms with E-state index in [4.69, 9.17) is 0 Å². The van der Waals surface area contributed by atoms with Crippen LogP contribution >= 0.6 is 0 Å². The molecule has 2 saturated carbocycles. The Bertz CT molecular complexity index is 240. The van der Waals surface area contributed by atoms with Gasteiger partial charge in [-0.1, -0.05) is 40.0 Å². The van der Waals surface area contributed by atoms with E-state index in [1.807, 2.05) is 0 Å². The third kappa shape index (κ3) is 2.61. The lowest BCUT2D eigenvalue weighted by Crippen LogP contribution is -2.48. The highest BCUT2D eigenvalue weighted by molar-refractivity contribution is 4.97. The molecule has 0 spiro atoms. The molecule has 16 heavy (non-hydrogen) atoms. The summed E-state index contributed by atoms with van der Waals surface area (Å²) in [7, 11) is 0. The monoisotopic (exact) mass is 224 g/mol. The molecule has 94 valence electrons. The normalized spacial score (nSPS) is 40.9. The molecule has 0 aromatic heterocycles. The van der Waals surface area contributed by atoms with Gasteiger partial charge in [-0.3, -0.25) is 0 Å². The van der Waals surface area contributed by atoms with Gasteiger partial charge in [-0.05, 0) is 49.4 Å². The van der Waals surface area contributed by atoms with E-state index < -0.39 is 0 Å². The Hall–Kier alpha value is -0.0400. The average molecular weight is 224 g/mol. The van der Waals surface area contributed by atoms with Crippen LogP contribution in [0.2, 0.25) is 0 Å². The van der Waals surface area contributed by atoms with Crippen LogP contribution in [0.1, 0.15) is 72.1 Å². The lowest BCUT2D eigenvalue weighted by atomic mass is 9.60. The molecule has 2 atom stereocenters. The summed E-state index contributed by atoms with van der Waals surface area (Å²) < 4.78 is 0. The van der Waals surface area contributed by atoms with Crippen molar-refractivity contribution in [2.75, 3.05) is 0 Å². The molecule has 0 heterocycles. The van der Waals surface area contributed by atoms with Gasteiger partial charge >= 0.3 is 0 Å². The highest BCUT2D eigenvalue weighted by Crippen LogP contribution is 2.49. The molecule has 0 aromatic rings. The molecule has 2 rings (SSSR count). The number of hydrogen-bond acceptors (Lipinski definition) is 1. The Kier molecular flexibility index (Phi) is 3.36. The van der Waals surface area contributed by atoms with Gasteiger partial charge in [-0.2, -0.15) is 0 Å². The standard InChI is InChI=1S/C15H28O/c1-12-9-14(2,3)11-15(16,10-12)13-7-5-4-6-8-13/h12-13,16H,4-11H2,1-3H3. The second-order valence-corrected chi connectivity index (χ2v) is 7.29. The van der Waals surface area contributed by atoms with Crippen molar-refractivity contribution < 1.29 is 5.11 Å². The Morgan fingerprint density at radius 2 is 1.62 bits per heavy atom. The summed E-state index contributed by atoms with van der Waals surface area (Å²) in [6, 6.07) is 0. The van der Waals surface area contributed by atoms with E-state index in [1.165, 1.54) is 38.5 Å². The lowest BCUT2D eigenvalue weighted by molar-refractivity contribution is -0.107.